The highest BCUT2D eigenvalue weighted by Crippen LogP contribution is 2.23. The summed E-state index contributed by atoms with van der Waals surface area (Å²) in [5.74, 6) is 0.00950. The average Bonchev–Trinajstić information content (AvgIpc) is 2.68. The Kier molecular flexibility index (Phi) is 8.20. The third-order valence-corrected chi connectivity index (χ3v) is 5.68. The smallest absolute Gasteiger partial charge is 0.242 e. The van der Waals surface area contributed by atoms with E-state index in [9.17, 15) is 9.59 Å². The van der Waals surface area contributed by atoms with Crippen LogP contribution in [0.5, 0.6) is 0 Å². The fraction of sp³-hybridized carbons (Fsp3) is 0.333. The zero-order valence-electron chi connectivity index (χ0n) is 15.9. The van der Waals surface area contributed by atoms with Crippen molar-refractivity contribution in [1.29, 1.82) is 0 Å². The van der Waals surface area contributed by atoms with Crippen LogP contribution >= 0.6 is 23.4 Å². The van der Waals surface area contributed by atoms with E-state index in [0.717, 1.165) is 10.5 Å². The van der Waals surface area contributed by atoms with Crippen molar-refractivity contribution in [2.24, 2.45) is 0 Å². The van der Waals surface area contributed by atoms with Crippen LogP contribution in [0.15, 0.2) is 53.4 Å². The minimum atomic E-state index is -0.530. The Morgan fingerprint density at radius 2 is 1.81 bits per heavy atom. The SMILES string of the molecule is CC[C@H](C(=O)NC)N(Cc1ccccc1Cl)C(=O)CSc1ccc(C)cc1. The molecule has 2 aromatic carbocycles. The van der Waals surface area contributed by atoms with E-state index in [1.807, 2.05) is 56.3 Å². The second kappa shape index (κ2) is 10.4. The van der Waals surface area contributed by atoms with E-state index in [-0.39, 0.29) is 17.6 Å². The molecule has 0 saturated heterocycles. The highest BCUT2D eigenvalue weighted by Gasteiger charge is 2.28. The molecule has 0 aliphatic rings. The quantitative estimate of drug-likeness (QED) is 0.667. The molecule has 0 spiro atoms. The topological polar surface area (TPSA) is 49.4 Å². The average molecular weight is 405 g/mol. The zero-order chi connectivity index (χ0) is 19.8. The molecule has 1 N–H and O–H groups in total. The summed E-state index contributed by atoms with van der Waals surface area (Å²) in [7, 11) is 1.59. The highest BCUT2D eigenvalue weighted by molar-refractivity contribution is 8.00. The lowest BCUT2D eigenvalue weighted by Gasteiger charge is -2.30. The molecule has 144 valence electrons. The molecule has 2 amide bonds. The van der Waals surface area contributed by atoms with Crippen LogP contribution < -0.4 is 5.32 Å². The molecule has 2 aromatic rings. The van der Waals surface area contributed by atoms with Crippen LogP contribution in [0.1, 0.15) is 24.5 Å². The lowest BCUT2D eigenvalue weighted by molar-refractivity contribution is -0.139. The van der Waals surface area contributed by atoms with E-state index in [2.05, 4.69) is 5.32 Å². The van der Waals surface area contributed by atoms with Gasteiger partial charge in [0.1, 0.15) is 6.04 Å². The number of benzene rings is 2. The summed E-state index contributed by atoms with van der Waals surface area (Å²) in [6.07, 6.45) is 0.533. The second-order valence-electron chi connectivity index (χ2n) is 6.25. The van der Waals surface area contributed by atoms with Gasteiger partial charge in [-0.3, -0.25) is 9.59 Å². The van der Waals surface area contributed by atoms with Gasteiger partial charge in [-0.15, -0.1) is 11.8 Å². The van der Waals surface area contributed by atoms with E-state index in [4.69, 9.17) is 11.6 Å². The van der Waals surface area contributed by atoms with Crippen molar-refractivity contribution < 1.29 is 9.59 Å². The Hall–Kier alpha value is -1.98. The van der Waals surface area contributed by atoms with Gasteiger partial charge in [-0.2, -0.15) is 0 Å². The van der Waals surface area contributed by atoms with Gasteiger partial charge in [0.2, 0.25) is 11.8 Å². The first-order chi connectivity index (χ1) is 13.0. The molecular formula is C21H25ClN2O2S. The molecule has 0 radical (unpaired) electrons. The van der Waals surface area contributed by atoms with Crippen molar-refractivity contribution in [3.63, 3.8) is 0 Å². The molecule has 0 aromatic heterocycles. The number of aryl methyl sites for hydroxylation is 1. The Morgan fingerprint density at radius 3 is 2.41 bits per heavy atom. The van der Waals surface area contributed by atoms with Crippen molar-refractivity contribution >= 4 is 35.2 Å². The lowest BCUT2D eigenvalue weighted by Crippen LogP contribution is -2.48. The van der Waals surface area contributed by atoms with E-state index in [1.165, 1.54) is 17.3 Å². The molecule has 2 rings (SSSR count). The number of nitrogens with one attached hydrogen (secondary N) is 1. The van der Waals surface area contributed by atoms with Crippen LogP contribution in [-0.4, -0.2) is 35.6 Å². The van der Waals surface area contributed by atoms with Gasteiger partial charge in [0.15, 0.2) is 0 Å². The van der Waals surface area contributed by atoms with Crippen LogP contribution in [0.25, 0.3) is 0 Å². The summed E-state index contributed by atoms with van der Waals surface area (Å²) in [6.45, 7) is 4.24. The first-order valence-corrected chi connectivity index (χ1v) is 10.3. The van der Waals surface area contributed by atoms with Gasteiger partial charge in [-0.25, -0.2) is 0 Å². The Morgan fingerprint density at radius 1 is 1.15 bits per heavy atom. The number of hydrogen-bond donors (Lipinski definition) is 1. The van der Waals surface area contributed by atoms with Gasteiger partial charge in [0.25, 0.3) is 0 Å². The van der Waals surface area contributed by atoms with Crippen LogP contribution in [-0.2, 0) is 16.1 Å². The van der Waals surface area contributed by atoms with Crippen LogP contribution in [0.4, 0.5) is 0 Å². The van der Waals surface area contributed by atoms with Crippen molar-refractivity contribution in [2.75, 3.05) is 12.8 Å². The molecular weight excluding hydrogens is 380 g/mol. The molecule has 4 nitrogen and oxygen atoms in total. The summed E-state index contributed by atoms with van der Waals surface area (Å²) in [6, 6.07) is 14.9. The number of thioether (sulfide) groups is 1. The fourth-order valence-corrected chi connectivity index (χ4v) is 3.74. The highest BCUT2D eigenvalue weighted by atomic mass is 35.5. The molecule has 0 aliphatic heterocycles. The number of rotatable bonds is 8. The molecule has 1 atom stereocenters. The summed E-state index contributed by atoms with van der Waals surface area (Å²) >= 11 is 7.75. The van der Waals surface area contributed by atoms with Gasteiger partial charge in [-0.05, 0) is 37.1 Å². The Balaban J connectivity index is 2.19. The third kappa shape index (κ3) is 6.01. The first-order valence-electron chi connectivity index (χ1n) is 8.90. The maximum Gasteiger partial charge on any atom is 0.242 e. The van der Waals surface area contributed by atoms with Gasteiger partial charge >= 0.3 is 0 Å². The van der Waals surface area contributed by atoms with Gasteiger partial charge < -0.3 is 10.2 Å². The van der Waals surface area contributed by atoms with E-state index < -0.39 is 6.04 Å². The third-order valence-electron chi connectivity index (χ3n) is 4.31. The molecule has 27 heavy (non-hydrogen) atoms. The minimum Gasteiger partial charge on any atom is -0.357 e. The first kappa shape index (κ1) is 21.3. The van der Waals surface area contributed by atoms with E-state index in [1.54, 1.807) is 18.0 Å². The van der Waals surface area contributed by atoms with E-state index in [0.29, 0.717) is 18.0 Å². The summed E-state index contributed by atoms with van der Waals surface area (Å²) in [5.41, 5.74) is 2.01. The number of carbonyl (C=O) groups excluding carboxylic acids is 2. The molecule has 0 heterocycles. The Labute approximate surface area is 170 Å². The molecule has 0 fully saturated rings. The predicted molar refractivity (Wildman–Crippen MR) is 112 cm³/mol. The van der Waals surface area contributed by atoms with Crippen molar-refractivity contribution in [3.8, 4) is 0 Å². The number of likely N-dealkylation sites (N-methyl/N-ethyl adjacent to an activating group) is 1. The molecule has 0 unspecified atom stereocenters. The summed E-state index contributed by atoms with van der Waals surface area (Å²) in [5, 5.41) is 3.25. The number of amides is 2. The Bertz CT molecular complexity index is 780. The maximum atomic E-state index is 13.0. The predicted octanol–water partition coefficient (Wildman–Crippen LogP) is 4.29. The molecule has 0 aliphatic carbocycles. The standard InChI is InChI=1S/C21H25ClN2O2S/c1-4-19(21(26)23-3)24(13-16-7-5-6-8-18(16)22)20(25)14-27-17-11-9-15(2)10-12-17/h5-12,19H,4,13-14H2,1-3H3,(H,23,26)/t19-/m1/s1. The van der Waals surface area contributed by atoms with Gasteiger partial charge in [0.05, 0.1) is 5.75 Å². The molecule has 0 saturated carbocycles. The molecule has 0 bridgehead atoms. The number of carbonyl (C=O) groups is 2. The van der Waals surface area contributed by atoms with E-state index >= 15 is 0 Å². The van der Waals surface area contributed by atoms with Gasteiger partial charge in [-0.1, -0.05) is 54.4 Å². The second-order valence-corrected chi connectivity index (χ2v) is 7.71. The van der Waals surface area contributed by atoms with Gasteiger partial charge in [0, 0.05) is 23.5 Å². The van der Waals surface area contributed by atoms with Crippen molar-refractivity contribution in [3.05, 3.63) is 64.7 Å². The van der Waals surface area contributed by atoms with Crippen LogP contribution in [0.3, 0.4) is 0 Å². The number of nitrogens with zero attached hydrogens (tertiary/aromatic N) is 1. The fourth-order valence-electron chi connectivity index (χ4n) is 2.76. The largest absolute Gasteiger partial charge is 0.357 e. The van der Waals surface area contributed by atoms with Crippen LogP contribution in [0.2, 0.25) is 5.02 Å². The maximum absolute atomic E-state index is 13.0. The van der Waals surface area contributed by atoms with Crippen molar-refractivity contribution in [2.45, 2.75) is 37.8 Å². The lowest BCUT2D eigenvalue weighted by atomic mass is 10.1. The number of halogens is 1. The summed E-state index contributed by atoms with van der Waals surface area (Å²) < 4.78 is 0. The normalized spacial score (nSPS) is 11.7. The molecule has 6 heteroatoms. The summed E-state index contributed by atoms with van der Waals surface area (Å²) in [4.78, 5) is 28.0. The van der Waals surface area contributed by atoms with Crippen LogP contribution in [0, 0.1) is 6.92 Å². The monoisotopic (exact) mass is 404 g/mol. The van der Waals surface area contributed by atoms with Crippen molar-refractivity contribution in [1.82, 2.24) is 10.2 Å². The minimum absolute atomic E-state index is 0.0871. The zero-order valence-corrected chi connectivity index (χ0v) is 17.4. The number of hydrogen-bond acceptors (Lipinski definition) is 3.